The highest BCUT2D eigenvalue weighted by Gasteiger charge is 2.59. The monoisotopic (exact) mass is 401 g/mol. The number of amides is 4. The smallest absolute Gasteiger partial charge is 0.315 e. The van der Waals surface area contributed by atoms with Crippen molar-refractivity contribution in [2.24, 2.45) is 23.7 Å². The van der Waals surface area contributed by atoms with E-state index in [0.29, 0.717) is 18.8 Å². The largest absolute Gasteiger partial charge is 0.334 e. The maximum Gasteiger partial charge on any atom is 0.315 e. The second kappa shape index (κ2) is 7.44. The van der Waals surface area contributed by atoms with Gasteiger partial charge >= 0.3 is 6.03 Å². The van der Waals surface area contributed by atoms with Crippen LogP contribution < -0.4 is 15.5 Å². The van der Waals surface area contributed by atoms with E-state index in [1.165, 1.54) is 4.90 Å². The van der Waals surface area contributed by atoms with Gasteiger partial charge in [-0.2, -0.15) is 0 Å². The SMILES string of the molecule is O=C(NCc1ccccc1)NCc1ccc(N2C(=O)C3C4C=CC(C4)C3C2=O)cc1. The highest BCUT2D eigenvalue weighted by molar-refractivity contribution is 6.22. The molecule has 0 spiro atoms. The first-order chi connectivity index (χ1) is 14.6. The molecule has 2 aromatic carbocycles. The summed E-state index contributed by atoms with van der Waals surface area (Å²) in [6, 6.07) is 16.7. The molecule has 2 bridgehead atoms. The van der Waals surface area contributed by atoms with Crippen LogP contribution in [-0.2, 0) is 22.7 Å². The van der Waals surface area contributed by atoms with Crippen molar-refractivity contribution in [1.29, 1.82) is 0 Å². The first-order valence-corrected chi connectivity index (χ1v) is 10.3. The highest BCUT2D eigenvalue weighted by atomic mass is 16.2. The fourth-order valence-corrected chi connectivity index (χ4v) is 4.94. The first kappa shape index (κ1) is 18.6. The van der Waals surface area contributed by atoms with Crippen molar-refractivity contribution in [2.45, 2.75) is 19.5 Å². The van der Waals surface area contributed by atoms with E-state index in [9.17, 15) is 14.4 Å². The summed E-state index contributed by atoms with van der Waals surface area (Å²) in [5.74, 6) is -0.121. The summed E-state index contributed by atoms with van der Waals surface area (Å²) in [6.45, 7) is 0.825. The number of nitrogens with zero attached hydrogens (tertiary/aromatic N) is 1. The van der Waals surface area contributed by atoms with Gasteiger partial charge in [-0.1, -0.05) is 54.6 Å². The molecule has 2 N–H and O–H groups in total. The zero-order valence-electron chi connectivity index (χ0n) is 16.5. The molecule has 1 saturated heterocycles. The third-order valence-corrected chi connectivity index (χ3v) is 6.41. The Balaban J connectivity index is 1.18. The van der Waals surface area contributed by atoms with E-state index in [1.807, 2.05) is 42.5 Å². The molecule has 0 radical (unpaired) electrons. The Morgan fingerprint density at radius 1 is 0.800 bits per heavy atom. The van der Waals surface area contributed by atoms with Crippen molar-refractivity contribution in [3.63, 3.8) is 0 Å². The number of carbonyl (C=O) groups is 3. The fraction of sp³-hybridized carbons (Fsp3) is 0.292. The molecule has 1 aliphatic heterocycles. The number of hydrogen-bond acceptors (Lipinski definition) is 3. The summed E-state index contributed by atoms with van der Waals surface area (Å²) in [5.41, 5.74) is 2.54. The van der Waals surface area contributed by atoms with Crippen LogP contribution in [-0.4, -0.2) is 17.8 Å². The van der Waals surface area contributed by atoms with Crippen LogP contribution in [0.25, 0.3) is 0 Å². The van der Waals surface area contributed by atoms with E-state index >= 15 is 0 Å². The van der Waals surface area contributed by atoms with Gasteiger partial charge in [0.1, 0.15) is 0 Å². The Bertz CT molecular complexity index is 986. The molecule has 3 aliphatic rings. The molecule has 5 rings (SSSR count). The Morgan fingerprint density at radius 3 is 1.90 bits per heavy atom. The summed E-state index contributed by atoms with van der Waals surface area (Å²) in [4.78, 5) is 39.1. The second-order valence-electron chi connectivity index (χ2n) is 8.20. The van der Waals surface area contributed by atoms with Crippen LogP contribution >= 0.6 is 0 Å². The normalized spacial score (nSPS) is 26.2. The number of urea groups is 1. The molecule has 4 unspecified atom stereocenters. The fourth-order valence-electron chi connectivity index (χ4n) is 4.94. The molecule has 4 atom stereocenters. The van der Waals surface area contributed by atoms with Gasteiger partial charge in [0.2, 0.25) is 11.8 Å². The number of carbonyl (C=O) groups excluding carboxylic acids is 3. The lowest BCUT2D eigenvalue weighted by Crippen LogP contribution is -2.34. The van der Waals surface area contributed by atoms with Gasteiger partial charge in [0.15, 0.2) is 0 Å². The van der Waals surface area contributed by atoms with Crippen molar-refractivity contribution in [3.05, 3.63) is 77.9 Å². The molecule has 152 valence electrons. The zero-order chi connectivity index (χ0) is 20.7. The van der Waals surface area contributed by atoms with Gasteiger partial charge in [-0.3, -0.25) is 14.5 Å². The lowest BCUT2D eigenvalue weighted by atomic mass is 9.85. The quantitative estimate of drug-likeness (QED) is 0.597. The van der Waals surface area contributed by atoms with Gasteiger partial charge in [0, 0.05) is 13.1 Å². The lowest BCUT2D eigenvalue weighted by molar-refractivity contribution is -0.123. The molecule has 6 heteroatoms. The predicted molar refractivity (Wildman–Crippen MR) is 112 cm³/mol. The maximum atomic E-state index is 12.9. The van der Waals surface area contributed by atoms with E-state index in [0.717, 1.165) is 17.5 Å². The van der Waals surface area contributed by atoms with Crippen LogP contribution in [0.5, 0.6) is 0 Å². The van der Waals surface area contributed by atoms with Crippen LogP contribution in [0.15, 0.2) is 66.7 Å². The number of fused-ring (bicyclic) bond motifs is 5. The number of benzene rings is 2. The molecule has 2 aliphatic carbocycles. The standard InChI is InChI=1S/C24H23N3O3/c28-22-20-17-8-9-18(12-17)21(20)23(29)27(22)19-10-6-16(7-11-19)14-26-24(30)25-13-15-4-2-1-3-5-15/h1-11,17-18,20-21H,12-14H2,(H2,25,26,30). The summed E-state index contributed by atoms with van der Waals surface area (Å²) in [7, 11) is 0. The van der Waals surface area contributed by atoms with E-state index in [1.54, 1.807) is 12.1 Å². The molecule has 2 fully saturated rings. The molecule has 1 saturated carbocycles. The average Bonchev–Trinajstić information content (AvgIpc) is 3.46. The Hall–Kier alpha value is -3.41. The number of imide groups is 1. The maximum absolute atomic E-state index is 12.9. The number of anilines is 1. The molecule has 6 nitrogen and oxygen atoms in total. The lowest BCUT2D eigenvalue weighted by Gasteiger charge is -2.17. The van der Waals surface area contributed by atoms with Crippen LogP contribution in [0, 0.1) is 23.7 Å². The Labute approximate surface area is 175 Å². The van der Waals surface area contributed by atoms with Gasteiger partial charge < -0.3 is 10.6 Å². The summed E-state index contributed by atoms with van der Waals surface area (Å²) in [6.07, 6.45) is 5.12. The predicted octanol–water partition coefficient (Wildman–Crippen LogP) is 3.00. The summed E-state index contributed by atoms with van der Waals surface area (Å²) < 4.78 is 0. The summed E-state index contributed by atoms with van der Waals surface area (Å²) in [5, 5.41) is 5.64. The number of nitrogens with one attached hydrogen (secondary N) is 2. The number of allylic oxidation sites excluding steroid dienone is 2. The molecule has 2 aromatic rings. The van der Waals surface area contributed by atoms with Crippen molar-refractivity contribution in [1.82, 2.24) is 10.6 Å². The summed E-state index contributed by atoms with van der Waals surface area (Å²) >= 11 is 0. The van der Waals surface area contributed by atoms with Crippen LogP contribution in [0.3, 0.4) is 0 Å². The van der Waals surface area contributed by atoms with Gasteiger partial charge in [-0.25, -0.2) is 4.79 Å². The van der Waals surface area contributed by atoms with Crippen molar-refractivity contribution in [2.75, 3.05) is 4.90 Å². The molecule has 30 heavy (non-hydrogen) atoms. The van der Waals surface area contributed by atoms with E-state index < -0.39 is 0 Å². The van der Waals surface area contributed by atoms with Gasteiger partial charge in [-0.15, -0.1) is 0 Å². The first-order valence-electron chi connectivity index (χ1n) is 10.3. The molecular weight excluding hydrogens is 378 g/mol. The van der Waals surface area contributed by atoms with Crippen LogP contribution in [0.2, 0.25) is 0 Å². The van der Waals surface area contributed by atoms with Gasteiger partial charge in [0.05, 0.1) is 17.5 Å². The highest BCUT2D eigenvalue weighted by Crippen LogP contribution is 2.53. The van der Waals surface area contributed by atoms with Gasteiger partial charge in [-0.05, 0) is 41.5 Å². The minimum atomic E-state index is -0.247. The van der Waals surface area contributed by atoms with Crippen LogP contribution in [0.1, 0.15) is 17.5 Å². The zero-order valence-corrected chi connectivity index (χ0v) is 16.5. The number of rotatable bonds is 5. The minimum absolute atomic E-state index is 0.0759. The van der Waals surface area contributed by atoms with E-state index in [-0.39, 0.29) is 41.5 Å². The molecule has 0 aromatic heterocycles. The van der Waals surface area contributed by atoms with Gasteiger partial charge in [0.25, 0.3) is 0 Å². The molecule has 1 heterocycles. The van der Waals surface area contributed by atoms with Crippen molar-refractivity contribution >= 4 is 23.5 Å². The van der Waals surface area contributed by atoms with Crippen LogP contribution in [0.4, 0.5) is 10.5 Å². The Kier molecular flexibility index (Phi) is 4.62. The molecular formula is C24H23N3O3. The van der Waals surface area contributed by atoms with Crippen molar-refractivity contribution < 1.29 is 14.4 Å². The molecule has 4 amide bonds. The average molecular weight is 401 g/mol. The minimum Gasteiger partial charge on any atom is -0.334 e. The Morgan fingerprint density at radius 2 is 1.33 bits per heavy atom. The number of hydrogen-bond donors (Lipinski definition) is 2. The van der Waals surface area contributed by atoms with Crippen molar-refractivity contribution in [3.8, 4) is 0 Å². The topological polar surface area (TPSA) is 78.5 Å². The van der Waals surface area contributed by atoms with E-state index in [4.69, 9.17) is 0 Å². The third kappa shape index (κ3) is 3.18. The third-order valence-electron chi connectivity index (χ3n) is 6.41. The second-order valence-corrected chi connectivity index (χ2v) is 8.20. The van der Waals surface area contributed by atoms with E-state index in [2.05, 4.69) is 22.8 Å².